The second kappa shape index (κ2) is 4.22. The Morgan fingerprint density at radius 3 is 3.06 bits per heavy atom. The van der Waals surface area contributed by atoms with Crippen LogP contribution >= 0.6 is 0 Å². The van der Waals surface area contributed by atoms with Gasteiger partial charge in [0.1, 0.15) is 12.0 Å². The maximum Gasteiger partial charge on any atom is 0.341 e. The van der Waals surface area contributed by atoms with Crippen LogP contribution in [0.25, 0.3) is 0 Å². The molecule has 0 aromatic carbocycles. The van der Waals surface area contributed by atoms with E-state index in [1.807, 2.05) is 13.1 Å². The number of hydrogen-bond donors (Lipinski definition) is 0. The van der Waals surface area contributed by atoms with Crippen LogP contribution in [0.1, 0.15) is 21.7 Å². The molecule has 2 rings (SSSR count). The Labute approximate surface area is 92.6 Å². The average molecular weight is 220 g/mol. The lowest BCUT2D eigenvalue weighted by Crippen LogP contribution is -2.00. The molecule has 0 spiro atoms. The van der Waals surface area contributed by atoms with Crippen LogP contribution in [0.5, 0.6) is 0 Å². The molecule has 0 aliphatic rings. The number of aromatic nitrogens is 2. The highest BCUT2D eigenvalue weighted by molar-refractivity contribution is 5.88. The molecule has 5 nitrogen and oxygen atoms in total. The van der Waals surface area contributed by atoms with E-state index in [9.17, 15) is 4.79 Å². The van der Waals surface area contributed by atoms with Gasteiger partial charge in [0.05, 0.1) is 25.4 Å². The van der Waals surface area contributed by atoms with Crippen LogP contribution in [-0.4, -0.2) is 22.9 Å². The molecule has 0 atom stereocenters. The zero-order chi connectivity index (χ0) is 11.5. The second-order valence-corrected chi connectivity index (χ2v) is 3.51. The van der Waals surface area contributed by atoms with Crippen LogP contribution in [0.2, 0.25) is 0 Å². The zero-order valence-electron chi connectivity index (χ0n) is 9.14. The summed E-state index contributed by atoms with van der Waals surface area (Å²) in [5, 5.41) is 4.13. The highest BCUT2D eigenvalue weighted by atomic mass is 16.5. The van der Waals surface area contributed by atoms with Crippen molar-refractivity contribution in [1.82, 2.24) is 9.78 Å². The van der Waals surface area contributed by atoms with Crippen LogP contribution in [0.15, 0.2) is 29.1 Å². The highest BCUT2D eigenvalue weighted by Gasteiger charge is 2.10. The number of nitrogens with zero attached hydrogens (tertiary/aromatic N) is 2. The third-order valence-electron chi connectivity index (χ3n) is 2.16. The lowest BCUT2D eigenvalue weighted by molar-refractivity contribution is 0.0600. The van der Waals surface area contributed by atoms with Crippen molar-refractivity contribution in [3.05, 3.63) is 41.6 Å². The summed E-state index contributed by atoms with van der Waals surface area (Å²) >= 11 is 0. The van der Waals surface area contributed by atoms with E-state index in [1.165, 1.54) is 13.4 Å². The standard InChI is InChI=1S/C11H12N2O3/c1-8-4-12-13(5-8)6-10-3-9(7-16-10)11(14)15-2/h3-5,7H,6H2,1-2H3. The number of carbonyl (C=O) groups excluding carboxylic acids is 1. The minimum atomic E-state index is -0.397. The minimum Gasteiger partial charge on any atom is -0.466 e. The summed E-state index contributed by atoms with van der Waals surface area (Å²) in [7, 11) is 1.34. The largest absolute Gasteiger partial charge is 0.466 e. The number of furan rings is 1. The molecular weight excluding hydrogens is 208 g/mol. The number of carbonyl (C=O) groups is 1. The Kier molecular flexibility index (Phi) is 2.76. The SMILES string of the molecule is COC(=O)c1coc(Cn2cc(C)cn2)c1. The predicted molar refractivity (Wildman–Crippen MR) is 56.1 cm³/mol. The van der Waals surface area contributed by atoms with Gasteiger partial charge in [-0.3, -0.25) is 4.68 Å². The van der Waals surface area contributed by atoms with Crippen LogP contribution < -0.4 is 0 Å². The molecule has 0 amide bonds. The Morgan fingerprint density at radius 2 is 2.44 bits per heavy atom. The molecule has 0 radical (unpaired) electrons. The number of methoxy groups -OCH3 is 1. The number of rotatable bonds is 3. The molecule has 0 saturated heterocycles. The molecule has 0 aliphatic heterocycles. The van der Waals surface area contributed by atoms with Gasteiger partial charge >= 0.3 is 5.97 Å². The van der Waals surface area contributed by atoms with E-state index in [0.29, 0.717) is 17.9 Å². The van der Waals surface area contributed by atoms with Crippen molar-refractivity contribution < 1.29 is 13.9 Å². The van der Waals surface area contributed by atoms with Gasteiger partial charge < -0.3 is 9.15 Å². The Balaban J connectivity index is 2.11. The molecule has 84 valence electrons. The van der Waals surface area contributed by atoms with Crippen molar-refractivity contribution in [2.75, 3.05) is 7.11 Å². The van der Waals surface area contributed by atoms with Crippen molar-refractivity contribution in [3.63, 3.8) is 0 Å². The first-order valence-electron chi connectivity index (χ1n) is 4.84. The molecule has 5 heteroatoms. The van der Waals surface area contributed by atoms with E-state index in [0.717, 1.165) is 5.56 Å². The maximum absolute atomic E-state index is 11.2. The van der Waals surface area contributed by atoms with Gasteiger partial charge in [0.15, 0.2) is 0 Å². The van der Waals surface area contributed by atoms with Gasteiger partial charge in [0, 0.05) is 6.20 Å². The molecule has 0 unspecified atom stereocenters. The molecule has 16 heavy (non-hydrogen) atoms. The molecule has 2 heterocycles. The topological polar surface area (TPSA) is 57.3 Å². The van der Waals surface area contributed by atoms with Crippen molar-refractivity contribution in [1.29, 1.82) is 0 Å². The number of aryl methyl sites for hydroxylation is 1. The summed E-state index contributed by atoms with van der Waals surface area (Å²) in [6, 6.07) is 1.66. The predicted octanol–water partition coefficient (Wildman–Crippen LogP) is 1.62. The fraction of sp³-hybridized carbons (Fsp3) is 0.273. The molecule has 0 saturated carbocycles. The van der Waals surface area contributed by atoms with Crippen LogP contribution in [0.4, 0.5) is 0 Å². The van der Waals surface area contributed by atoms with Crippen molar-refractivity contribution in [3.8, 4) is 0 Å². The molecule has 0 bridgehead atoms. The fourth-order valence-electron chi connectivity index (χ4n) is 1.40. The molecule has 2 aromatic heterocycles. The van der Waals surface area contributed by atoms with E-state index in [1.54, 1.807) is 16.9 Å². The van der Waals surface area contributed by atoms with Gasteiger partial charge in [-0.05, 0) is 18.6 Å². The molecule has 0 N–H and O–H groups in total. The van der Waals surface area contributed by atoms with Crippen molar-refractivity contribution >= 4 is 5.97 Å². The minimum absolute atomic E-state index is 0.397. The van der Waals surface area contributed by atoms with Gasteiger partial charge in [-0.15, -0.1) is 0 Å². The van der Waals surface area contributed by atoms with E-state index in [4.69, 9.17) is 4.42 Å². The Hall–Kier alpha value is -2.04. The summed E-state index contributed by atoms with van der Waals surface area (Å²) in [6.45, 7) is 2.47. The Morgan fingerprint density at radius 1 is 1.62 bits per heavy atom. The first-order chi connectivity index (χ1) is 7.69. The summed E-state index contributed by atoms with van der Waals surface area (Å²) < 4.78 is 11.6. The van der Waals surface area contributed by atoms with E-state index in [-0.39, 0.29) is 0 Å². The van der Waals surface area contributed by atoms with Gasteiger partial charge in [-0.2, -0.15) is 5.10 Å². The monoisotopic (exact) mass is 220 g/mol. The van der Waals surface area contributed by atoms with Crippen LogP contribution in [-0.2, 0) is 11.3 Å². The molecule has 2 aromatic rings. The lowest BCUT2D eigenvalue weighted by atomic mass is 10.3. The number of ether oxygens (including phenoxy) is 1. The van der Waals surface area contributed by atoms with Crippen molar-refractivity contribution in [2.45, 2.75) is 13.5 Å². The smallest absolute Gasteiger partial charge is 0.341 e. The van der Waals surface area contributed by atoms with E-state index >= 15 is 0 Å². The normalized spacial score (nSPS) is 10.4. The third kappa shape index (κ3) is 2.13. The number of esters is 1. The first-order valence-corrected chi connectivity index (χ1v) is 4.84. The van der Waals surface area contributed by atoms with Gasteiger partial charge in [0.2, 0.25) is 0 Å². The third-order valence-corrected chi connectivity index (χ3v) is 2.16. The average Bonchev–Trinajstić information content (AvgIpc) is 2.87. The summed E-state index contributed by atoms with van der Waals surface area (Å²) in [4.78, 5) is 11.2. The first kappa shape index (κ1) is 10.5. The van der Waals surface area contributed by atoms with Gasteiger partial charge in [-0.25, -0.2) is 4.79 Å². The van der Waals surface area contributed by atoms with Crippen LogP contribution in [0, 0.1) is 6.92 Å². The molecule has 0 fully saturated rings. The highest BCUT2D eigenvalue weighted by Crippen LogP contribution is 2.10. The second-order valence-electron chi connectivity index (χ2n) is 3.51. The van der Waals surface area contributed by atoms with Gasteiger partial charge in [-0.1, -0.05) is 0 Å². The zero-order valence-corrected chi connectivity index (χ0v) is 9.14. The van der Waals surface area contributed by atoms with E-state index < -0.39 is 5.97 Å². The summed E-state index contributed by atoms with van der Waals surface area (Å²) in [5.74, 6) is 0.273. The Bertz CT molecular complexity index is 499. The molecular formula is C11H12N2O3. The maximum atomic E-state index is 11.2. The molecule has 0 aliphatic carbocycles. The summed E-state index contributed by atoms with van der Waals surface area (Å²) in [6.07, 6.45) is 5.06. The fourth-order valence-corrected chi connectivity index (χ4v) is 1.40. The number of hydrogen-bond acceptors (Lipinski definition) is 4. The van der Waals surface area contributed by atoms with E-state index in [2.05, 4.69) is 9.84 Å². The summed E-state index contributed by atoms with van der Waals surface area (Å²) in [5.41, 5.74) is 1.50. The van der Waals surface area contributed by atoms with Crippen LogP contribution in [0.3, 0.4) is 0 Å². The quantitative estimate of drug-likeness (QED) is 0.737. The van der Waals surface area contributed by atoms with Gasteiger partial charge in [0.25, 0.3) is 0 Å². The van der Waals surface area contributed by atoms with Crippen molar-refractivity contribution in [2.24, 2.45) is 0 Å². The lowest BCUT2D eigenvalue weighted by Gasteiger charge is -1.95.